The molecule has 0 saturated carbocycles. The van der Waals surface area contributed by atoms with E-state index >= 15 is 0 Å². The van der Waals surface area contributed by atoms with Crippen LogP contribution in [0.2, 0.25) is 0 Å². The normalized spacial score (nSPS) is 12.4. The number of benzene rings is 6. The number of aryl methyl sites for hydroxylation is 2. The molecule has 6 rings (SSSR count). The maximum absolute atomic E-state index is 12.2. The first-order valence-electron chi connectivity index (χ1n) is 15.0. The van der Waals surface area contributed by atoms with Crippen LogP contribution in [0.1, 0.15) is 11.1 Å². The van der Waals surface area contributed by atoms with Crippen molar-refractivity contribution in [2.75, 3.05) is 5.32 Å². The summed E-state index contributed by atoms with van der Waals surface area (Å²) in [5.41, 5.74) is 3.42. The Morgan fingerprint density at radius 1 is 0.654 bits per heavy atom. The topological polar surface area (TPSA) is 229 Å². The molecule has 0 aromatic heterocycles. The molecular weight excluding hydrogens is 735 g/mol. The van der Waals surface area contributed by atoms with Gasteiger partial charge in [0.1, 0.15) is 15.5 Å². The quantitative estimate of drug-likeness (QED) is 0.0273. The Morgan fingerprint density at radius 2 is 1.33 bits per heavy atom. The number of hydrogen-bond donors (Lipinski definition) is 5. The van der Waals surface area contributed by atoms with Gasteiger partial charge in [-0.25, -0.2) is 5.26 Å². The zero-order chi connectivity index (χ0) is 37.2. The van der Waals surface area contributed by atoms with Crippen LogP contribution in [0.25, 0.3) is 21.5 Å². The van der Waals surface area contributed by atoms with Gasteiger partial charge in [0, 0.05) is 27.5 Å². The summed E-state index contributed by atoms with van der Waals surface area (Å²) >= 11 is 0.606. The number of rotatable bonds is 11. The fourth-order valence-corrected chi connectivity index (χ4v) is 7.27. The fourth-order valence-electron chi connectivity index (χ4n) is 5.35. The van der Waals surface area contributed by atoms with Gasteiger partial charge in [-0.15, -0.1) is 9.45 Å². The first-order valence-corrected chi connectivity index (χ1v) is 18.6. The van der Waals surface area contributed by atoms with Gasteiger partial charge in [-0.05, 0) is 97.1 Å². The van der Waals surface area contributed by atoms with Crippen LogP contribution in [-0.2, 0) is 29.6 Å². The molecule has 0 saturated heterocycles. The maximum Gasteiger partial charge on any atom is 0.295 e. The van der Waals surface area contributed by atoms with Crippen molar-refractivity contribution >= 4 is 87.9 Å². The minimum atomic E-state index is -4.83. The lowest BCUT2D eigenvalue weighted by atomic mass is 10.1. The van der Waals surface area contributed by atoms with E-state index in [0.717, 1.165) is 23.5 Å². The lowest BCUT2D eigenvalue weighted by molar-refractivity contribution is -0.432. The molecule has 6 aromatic rings. The smallest absolute Gasteiger partial charge is 0.295 e. The van der Waals surface area contributed by atoms with Gasteiger partial charge in [0.15, 0.2) is 5.75 Å². The van der Waals surface area contributed by atoms with Gasteiger partial charge in [0.25, 0.3) is 20.2 Å². The molecule has 0 radical (unpaired) electrons. The molecule has 0 atom stereocenters. The number of hydrogen-bond acceptors (Lipinski definition) is 14. The first-order chi connectivity index (χ1) is 24.7. The molecule has 0 spiro atoms. The van der Waals surface area contributed by atoms with Crippen molar-refractivity contribution in [3.63, 3.8) is 0 Å². The lowest BCUT2D eigenvalue weighted by Gasteiger charge is -2.12. The van der Waals surface area contributed by atoms with E-state index in [1.165, 1.54) is 18.2 Å². The lowest BCUT2D eigenvalue weighted by Crippen LogP contribution is -2.03. The number of nitrogens with one attached hydrogen (secondary N) is 1. The molecule has 18 heteroatoms. The van der Waals surface area contributed by atoms with Crippen molar-refractivity contribution in [1.29, 1.82) is 0 Å². The Labute approximate surface area is 300 Å². The van der Waals surface area contributed by atoms with E-state index < -0.39 is 30.0 Å². The molecule has 5 N–H and O–H groups in total. The van der Waals surface area contributed by atoms with Crippen molar-refractivity contribution in [2.45, 2.75) is 28.5 Å². The van der Waals surface area contributed by atoms with E-state index in [2.05, 4.69) is 35.1 Å². The Balaban J connectivity index is 1.33. The van der Waals surface area contributed by atoms with Crippen LogP contribution in [-0.4, -0.2) is 36.3 Å². The first kappa shape index (κ1) is 36.5. The number of phenols is 1. The average molecular weight is 762 g/mol. The summed E-state index contributed by atoms with van der Waals surface area (Å²) in [5, 5.41) is 44.9. The van der Waals surface area contributed by atoms with E-state index in [1.807, 2.05) is 36.4 Å². The van der Waals surface area contributed by atoms with Crippen molar-refractivity contribution in [2.24, 2.45) is 20.5 Å². The molecular formula is C34H27N5O10S3. The van der Waals surface area contributed by atoms with Crippen molar-refractivity contribution in [1.82, 2.24) is 0 Å². The summed E-state index contributed by atoms with van der Waals surface area (Å²) in [4.78, 5) is -0.924. The van der Waals surface area contributed by atoms with E-state index in [4.69, 9.17) is 5.26 Å². The van der Waals surface area contributed by atoms with E-state index in [-0.39, 0.29) is 32.8 Å². The molecule has 0 unspecified atom stereocenters. The number of fused-ring (bicyclic) bond motifs is 2. The van der Waals surface area contributed by atoms with Crippen LogP contribution < -0.4 is 5.32 Å². The van der Waals surface area contributed by atoms with Gasteiger partial charge >= 0.3 is 0 Å². The second kappa shape index (κ2) is 14.7. The zero-order valence-electron chi connectivity index (χ0n) is 27.0. The summed E-state index contributed by atoms with van der Waals surface area (Å²) in [5.74, 6) is -0.201. The second-order valence-electron chi connectivity index (χ2n) is 11.3. The van der Waals surface area contributed by atoms with E-state index in [0.29, 0.717) is 45.3 Å². The molecule has 0 aliphatic rings. The monoisotopic (exact) mass is 761 g/mol. The molecule has 0 aliphatic heterocycles. The fraction of sp³-hybridized carbons (Fsp3) is 0.0588. The van der Waals surface area contributed by atoms with Crippen LogP contribution in [0.3, 0.4) is 0 Å². The number of nitrogens with zero attached hydrogens (tertiary/aromatic N) is 4. The van der Waals surface area contributed by atoms with Gasteiger partial charge in [-0.1, -0.05) is 35.4 Å². The Kier molecular flexibility index (Phi) is 10.3. The number of phenolic OH excluding ortho intramolecular Hbond substituents is 1. The van der Waals surface area contributed by atoms with Crippen LogP contribution in [0.15, 0.2) is 132 Å². The molecule has 0 aliphatic carbocycles. The molecule has 0 fully saturated rings. The SMILES string of the molecule is Cc1cc(N=Nc2c(SOOO)cc3cc(Nc4ccccc4)ccc3c2O)c(C)cc1N=Nc1cc(S(=O)(=O)O)c2cccc(S(=O)(=O)O)c2c1. The second-order valence-corrected chi connectivity index (χ2v) is 14.8. The number of anilines is 2. The number of para-hydroxylation sites is 1. The molecule has 0 bridgehead atoms. The van der Waals surface area contributed by atoms with Gasteiger partial charge < -0.3 is 10.4 Å². The highest BCUT2D eigenvalue weighted by Crippen LogP contribution is 2.45. The molecule has 0 amide bonds. The summed E-state index contributed by atoms with van der Waals surface area (Å²) in [6.45, 7) is 3.42. The highest BCUT2D eigenvalue weighted by molar-refractivity contribution is 7.94. The summed E-state index contributed by atoms with van der Waals surface area (Å²) in [6, 6.07) is 25.7. The molecule has 6 aromatic carbocycles. The highest BCUT2D eigenvalue weighted by Gasteiger charge is 2.21. The van der Waals surface area contributed by atoms with Crippen LogP contribution >= 0.6 is 12.0 Å². The van der Waals surface area contributed by atoms with Crippen molar-refractivity contribution < 1.29 is 45.7 Å². The molecule has 52 heavy (non-hydrogen) atoms. The van der Waals surface area contributed by atoms with Crippen molar-refractivity contribution in [3.8, 4) is 5.75 Å². The predicted molar refractivity (Wildman–Crippen MR) is 194 cm³/mol. The highest BCUT2D eigenvalue weighted by atomic mass is 32.2. The van der Waals surface area contributed by atoms with Crippen LogP contribution in [0, 0.1) is 13.8 Å². The maximum atomic E-state index is 12.2. The standard InChI is InChI=1S/C34H27N5O10S3/c1-19-14-29(20(2)13-28(19)37-36-24-17-27-26(32(18-24)52(45,46)47)9-6-10-31(27)51(42,43)44)38-39-33-30(50-49-48-41)16-21-15-23(11-12-25(21)34(33)40)35-22-7-4-3-5-8-22/h3-18,35,40-41H,1-2H3,(H,42,43,44)(H,45,46,47). The molecule has 15 nitrogen and oxygen atoms in total. The molecule has 266 valence electrons. The third-order valence-electron chi connectivity index (χ3n) is 7.77. The van der Waals surface area contributed by atoms with Crippen molar-refractivity contribution in [3.05, 3.63) is 108 Å². The minimum Gasteiger partial charge on any atom is -0.505 e. The zero-order valence-corrected chi connectivity index (χ0v) is 29.4. The van der Waals surface area contributed by atoms with E-state index in [1.54, 1.807) is 44.2 Å². The van der Waals surface area contributed by atoms with Crippen LogP contribution in [0.4, 0.5) is 34.1 Å². The third-order valence-corrected chi connectivity index (χ3v) is 10.2. The predicted octanol–water partition coefficient (Wildman–Crippen LogP) is 9.81. The van der Waals surface area contributed by atoms with Gasteiger partial charge in [-0.3, -0.25) is 9.11 Å². The summed E-state index contributed by atoms with van der Waals surface area (Å²) < 4.78 is 72.6. The molecule has 0 heterocycles. The minimum absolute atomic E-state index is 0.0364. The number of aromatic hydroxyl groups is 1. The summed E-state index contributed by atoms with van der Waals surface area (Å²) in [7, 11) is -9.60. The van der Waals surface area contributed by atoms with E-state index in [9.17, 15) is 31.0 Å². The van der Waals surface area contributed by atoms with Gasteiger partial charge in [0.2, 0.25) is 0 Å². The summed E-state index contributed by atoms with van der Waals surface area (Å²) in [6.07, 6.45) is 0. The average Bonchev–Trinajstić information content (AvgIpc) is 3.10. The Hall–Kier alpha value is -5.31. The van der Waals surface area contributed by atoms with Gasteiger partial charge in [-0.2, -0.15) is 32.2 Å². The largest absolute Gasteiger partial charge is 0.505 e. The Morgan fingerprint density at radius 3 is 1.98 bits per heavy atom. The van der Waals surface area contributed by atoms with Gasteiger partial charge in [0.05, 0.1) is 34.0 Å². The Bertz CT molecular complexity index is 2640. The van der Waals surface area contributed by atoms with Crippen LogP contribution in [0.5, 0.6) is 5.75 Å². The number of azo groups is 2. The third kappa shape index (κ3) is 7.93.